The van der Waals surface area contributed by atoms with E-state index in [-0.39, 0.29) is 6.42 Å². The van der Waals surface area contributed by atoms with Crippen LogP contribution in [0.5, 0.6) is 0 Å². The molecule has 1 aromatic rings. The first-order valence-corrected chi connectivity index (χ1v) is 2.13. The highest BCUT2D eigenvalue weighted by Gasteiger charge is 1.90. The summed E-state index contributed by atoms with van der Waals surface area (Å²) in [6, 6.07) is 0. The number of nitrogens with zero attached hydrogens (tertiary/aromatic N) is 2. The molecule has 0 saturated heterocycles. The Morgan fingerprint density at radius 2 is 2.75 bits per heavy atom. The molecule has 8 heavy (non-hydrogen) atoms. The van der Waals surface area contributed by atoms with Crippen LogP contribution in [0.1, 0.15) is 5.82 Å². The number of nitrogens with one attached hydrogen (secondary N) is 1. The lowest BCUT2D eigenvalue weighted by atomic mass is 10.5. The molecule has 1 radical (unpaired) electrons. The van der Waals surface area contributed by atoms with Crippen LogP contribution < -0.4 is 0 Å². The minimum absolute atomic E-state index is 0.194. The zero-order chi connectivity index (χ0) is 5.82. The van der Waals surface area contributed by atoms with E-state index in [9.17, 15) is 4.79 Å². The van der Waals surface area contributed by atoms with Gasteiger partial charge in [-0.05, 0) is 0 Å². The van der Waals surface area contributed by atoms with Crippen LogP contribution in [0.25, 0.3) is 0 Å². The van der Waals surface area contributed by atoms with E-state index in [2.05, 4.69) is 15.2 Å². The van der Waals surface area contributed by atoms with Gasteiger partial charge in [0.2, 0.25) is 6.29 Å². The van der Waals surface area contributed by atoms with Gasteiger partial charge in [-0.1, -0.05) is 0 Å². The van der Waals surface area contributed by atoms with Crippen LogP contribution in [0.2, 0.25) is 0 Å². The number of aromatic nitrogens is 3. The number of hydrogen-bond acceptors (Lipinski definition) is 3. The number of H-pyrrole nitrogens is 1. The molecule has 0 saturated carbocycles. The van der Waals surface area contributed by atoms with Crippen molar-refractivity contribution in [2.24, 2.45) is 0 Å². The number of carbonyl (C=O) groups excluding carboxylic acids is 1. The van der Waals surface area contributed by atoms with Crippen molar-refractivity contribution in [2.45, 2.75) is 6.42 Å². The SMILES string of the molecule is O=[C]Cc1nnc[nH]1. The Hall–Kier alpha value is -1.19. The predicted molar refractivity (Wildman–Crippen MR) is 25.8 cm³/mol. The van der Waals surface area contributed by atoms with Crippen molar-refractivity contribution >= 4 is 6.29 Å². The zero-order valence-corrected chi connectivity index (χ0v) is 4.09. The normalized spacial score (nSPS) is 9.00. The van der Waals surface area contributed by atoms with Gasteiger partial charge in [0.15, 0.2) is 0 Å². The van der Waals surface area contributed by atoms with Gasteiger partial charge in [0.1, 0.15) is 12.2 Å². The standard InChI is InChI=1S/C4H4N3O/c8-2-1-4-5-3-6-7-4/h3H,1H2,(H,5,6,7). The third kappa shape index (κ3) is 0.900. The Morgan fingerprint density at radius 3 is 3.25 bits per heavy atom. The lowest BCUT2D eigenvalue weighted by Crippen LogP contribution is -1.87. The van der Waals surface area contributed by atoms with E-state index >= 15 is 0 Å². The fourth-order valence-corrected chi connectivity index (χ4v) is 0.386. The molecule has 1 N–H and O–H groups in total. The molecule has 4 heteroatoms. The number of rotatable bonds is 2. The van der Waals surface area contributed by atoms with Gasteiger partial charge in [-0.3, -0.25) is 4.79 Å². The van der Waals surface area contributed by atoms with Crippen molar-refractivity contribution < 1.29 is 4.79 Å². The van der Waals surface area contributed by atoms with E-state index in [0.29, 0.717) is 5.82 Å². The lowest BCUT2D eigenvalue weighted by Gasteiger charge is -1.75. The van der Waals surface area contributed by atoms with Gasteiger partial charge < -0.3 is 4.98 Å². The Bertz CT molecular complexity index is 158. The number of aromatic amines is 1. The molecule has 0 fully saturated rings. The molecule has 1 rings (SSSR count). The summed E-state index contributed by atoms with van der Waals surface area (Å²) in [6.07, 6.45) is 3.30. The third-order valence-corrected chi connectivity index (χ3v) is 0.707. The van der Waals surface area contributed by atoms with Gasteiger partial charge in [0.25, 0.3) is 0 Å². The maximum absolute atomic E-state index is 9.66. The third-order valence-electron chi connectivity index (χ3n) is 0.707. The summed E-state index contributed by atoms with van der Waals surface area (Å²) < 4.78 is 0. The molecule has 4 nitrogen and oxygen atoms in total. The van der Waals surface area contributed by atoms with Crippen molar-refractivity contribution in [2.75, 3.05) is 0 Å². The Morgan fingerprint density at radius 1 is 1.88 bits per heavy atom. The zero-order valence-electron chi connectivity index (χ0n) is 4.09. The summed E-state index contributed by atoms with van der Waals surface area (Å²) in [4.78, 5) is 12.3. The average Bonchev–Trinajstić information content (AvgIpc) is 2.19. The lowest BCUT2D eigenvalue weighted by molar-refractivity contribution is 0.554. The summed E-state index contributed by atoms with van der Waals surface area (Å²) in [7, 11) is 0. The fraction of sp³-hybridized carbons (Fsp3) is 0.250. The maximum atomic E-state index is 9.66. The van der Waals surface area contributed by atoms with Crippen LogP contribution in [-0.4, -0.2) is 21.5 Å². The molecule has 41 valence electrons. The molecule has 0 aliphatic carbocycles. The molecule has 0 aliphatic rings. The van der Waals surface area contributed by atoms with Crippen molar-refractivity contribution in [3.63, 3.8) is 0 Å². The van der Waals surface area contributed by atoms with Gasteiger partial charge in [0, 0.05) is 0 Å². The van der Waals surface area contributed by atoms with E-state index in [1.807, 2.05) is 0 Å². The first-order valence-electron chi connectivity index (χ1n) is 2.13. The van der Waals surface area contributed by atoms with Crippen LogP contribution >= 0.6 is 0 Å². The molecule has 0 bridgehead atoms. The molecule has 0 unspecified atom stereocenters. The summed E-state index contributed by atoms with van der Waals surface area (Å²) in [5, 5.41) is 6.99. The highest BCUT2D eigenvalue weighted by Crippen LogP contribution is 1.80. The van der Waals surface area contributed by atoms with E-state index in [1.165, 1.54) is 6.33 Å². The molecule has 1 aromatic heterocycles. The van der Waals surface area contributed by atoms with Crippen LogP contribution in [-0.2, 0) is 11.2 Å². The molecule has 0 spiro atoms. The van der Waals surface area contributed by atoms with E-state index in [4.69, 9.17) is 0 Å². The molecule has 1 heterocycles. The Balaban J connectivity index is 2.62. The van der Waals surface area contributed by atoms with Crippen molar-refractivity contribution in [3.8, 4) is 0 Å². The Labute approximate surface area is 45.9 Å². The van der Waals surface area contributed by atoms with Crippen molar-refractivity contribution in [3.05, 3.63) is 12.2 Å². The van der Waals surface area contributed by atoms with E-state index in [0.717, 1.165) is 0 Å². The molecule has 0 aromatic carbocycles. The largest absolute Gasteiger partial charge is 0.331 e. The monoisotopic (exact) mass is 110 g/mol. The second kappa shape index (κ2) is 2.20. The minimum Gasteiger partial charge on any atom is -0.331 e. The highest BCUT2D eigenvalue weighted by atomic mass is 16.1. The van der Waals surface area contributed by atoms with Gasteiger partial charge in [-0.15, -0.1) is 10.2 Å². The predicted octanol–water partition coefficient (Wildman–Crippen LogP) is -0.543. The van der Waals surface area contributed by atoms with Crippen molar-refractivity contribution in [1.82, 2.24) is 15.2 Å². The topological polar surface area (TPSA) is 58.6 Å². The van der Waals surface area contributed by atoms with Crippen LogP contribution in [0.3, 0.4) is 0 Å². The van der Waals surface area contributed by atoms with Crippen molar-refractivity contribution in [1.29, 1.82) is 0 Å². The van der Waals surface area contributed by atoms with E-state index < -0.39 is 0 Å². The molecule has 0 amide bonds. The van der Waals surface area contributed by atoms with Crippen LogP contribution in [0, 0.1) is 0 Å². The Kier molecular flexibility index (Phi) is 1.37. The molecular weight excluding hydrogens is 106 g/mol. The average molecular weight is 110 g/mol. The summed E-state index contributed by atoms with van der Waals surface area (Å²) in [6.45, 7) is 0. The number of hydrogen-bond donors (Lipinski definition) is 1. The van der Waals surface area contributed by atoms with Gasteiger partial charge in [-0.2, -0.15) is 0 Å². The van der Waals surface area contributed by atoms with Gasteiger partial charge in [-0.25, -0.2) is 0 Å². The fourth-order valence-electron chi connectivity index (χ4n) is 0.386. The minimum atomic E-state index is 0.194. The quantitative estimate of drug-likeness (QED) is 0.556. The molecular formula is C4H4N3O. The second-order valence-electron chi connectivity index (χ2n) is 1.26. The first-order chi connectivity index (χ1) is 3.93. The first kappa shape index (κ1) is 4.96. The van der Waals surface area contributed by atoms with Gasteiger partial charge >= 0.3 is 0 Å². The summed E-state index contributed by atoms with van der Waals surface area (Å²) in [5.74, 6) is 0.556. The second-order valence-corrected chi connectivity index (χ2v) is 1.26. The molecule has 0 atom stereocenters. The smallest absolute Gasteiger partial charge is 0.206 e. The summed E-state index contributed by atoms with van der Waals surface area (Å²) in [5.41, 5.74) is 0. The van der Waals surface area contributed by atoms with Crippen LogP contribution in [0.15, 0.2) is 6.33 Å². The summed E-state index contributed by atoms with van der Waals surface area (Å²) >= 11 is 0. The highest BCUT2D eigenvalue weighted by molar-refractivity contribution is 5.53. The maximum Gasteiger partial charge on any atom is 0.206 e. The van der Waals surface area contributed by atoms with E-state index in [1.54, 1.807) is 6.29 Å². The molecule has 0 aliphatic heterocycles. The van der Waals surface area contributed by atoms with Gasteiger partial charge in [0.05, 0.1) is 6.42 Å². The van der Waals surface area contributed by atoms with Crippen LogP contribution in [0.4, 0.5) is 0 Å².